The van der Waals surface area contributed by atoms with E-state index in [4.69, 9.17) is 16.6 Å². The number of thiocarbonyl (C=S) groups is 1. The number of non-ortho nitro benzene ring substituents is 1. The molecule has 2 aromatic heterocycles. The van der Waals surface area contributed by atoms with E-state index in [1.165, 1.54) is 12.1 Å². The molecule has 0 radical (unpaired) electrons. The minimum atomic E-state index is -0.430. The maximum absolute atomic E-state index is 11.9. The van der Waals surface area contributed by atoms with Crippen LogP contribution in [0.15, 0.2) is 83.4 Å². The van der Waals surface area contributed by atoms with Gasteiger partial charge in [0.25, 0.3) is 5.69 Å². The van der Waals surface area contributed by atoms with Crippen LogP contribution in [-0.2, 0) is 4.79 Å². The number of nitrogens with one attached hydrogen (secondary N) is 2. The van der Waals surface area contributed by atoms with Crippen molar-refractivity contribution in [3.63, 3.8) is 0 Å². The fourth-order valence-corrected chi connectivity index (χ4v) is 4.88. The highest BCUT2D eigenvalue weighted by Crippen LogP contribution is 2.43. The summed E-state index contributed by atoms with van der Waals surface area (Å²) >= 11 is 5.79. The second-order valence-electron chi connectivity index (χ2n) is 8.91. The van der Waals surface area contributed by atoms with Crippen LogP contribution in [0.25, 0.3) is 11.3 Å². The van der Waals surface area contributed by atoms with Crippen LogP contribution in [0.3, 0.4) is 0 Å². The van der Waals surface area contributed by atoms with Crippen LogP contribution < -0.4 is 15.5 Å². The number of rotatable bonds is 7. The van der Waals surface area contributed by atoms with Crippen molar-refractivity contribution in [3.05, 3.63) is 106 Å². The summed E-state index contributed by atoms with van der Waals surface area (Å²) in [7, 11) is 0. The second kappa shape index (κ2) is 10.4. The number of nitro groups is 1. The Morgan fingerprint density at radius 1 is 1.16 bits per heavy atom. The molecule has 0 spiro atoms. The van der Waals surface area contributed by atoms with Crippen molar-refractivity contribution < 1.29 is 14.1 Å². The van der Waals surface area contributed by atoms with Crippen LogP contribution in [0.1, 0.15) is 42.4 Å². The molecular formula is C28H25N5O4S. The lowest BCUT2D eigenvalue weighted by Crippen LogP contribution is -2.29. The molecule has 0 unspecified atom stereocenters. The molecule has 9 nitrogen and oxygen atoms in total. The van der Waals surface area contributed by atoms with E-state index in [1.807, 2.05) is 54.3 Å². The van der Waals surface area contributed by atoms with Crippen molar-refractivity contribution in [1.29, 1.82) is 0 Å². The average Bonchev–Trinajstić information content (AvgIpc) is 3.55. The zero-order valence-corrected chi connectivity index (χ0v) is 21.6. The molecule has 0 bridgehead atoms. The molecule has 2 N–H and O–H groups in total. The molecule has 5 rings (SSSR count). The molecule has 1 saturated heterocycles. The number of amides is 1. The number of hydrogen-bond donors (Lipinski definition) is 2. The standard InChI is InChI=1S/C28H25N5O4S/c1-3-25(34)30-21-11-10-19(15-17(21)2)32-27(26(31-28(32)38)22-9-4-5-14-29-22)24-13-12-23(37-24)18-7-6-8-20(16-18)33(35)36/h4-16,26-27H,3H2,1-2H3,(H,30,34)(H,31,38)/t26-,27-/m1/s1. The summed E-state index contributed by atoms with van der Waals surface area (Å²) in [5.41, 5.74) is 3.84. The maximum atomic E-state index is 11.9. The number of nitrogens with zero attached hydrogens (tertiary/aromatic N) is 3. The molecule has 1 amide bonds. The Bertz CT molecular complexity index is 1520. The molecular weight excluding hydrogens is 502 g/mol. The van der Waals surface area contributed by atoms with E-state index >= 15 is 0 Å². The Kier molecular flexibility index (Phi) is 6.89. The van der Waals surface area contributed by atoms with Crippen molar-refractivity contribution in [2.45, 2.75) is 32.4 Å². The quantitative estimate of drug-likeness (QED) is 0.169. The SMILES string of the molecule is CCC(=O)Nc1ccc(N2C(=S)N[C@H](c3ccccn3)[C@H]2c2ccc(-c3cccc([N+](=O)[O-])c3)o2)cc1C. The van der Waals surface area contributed by atoms with Gasteiger partial charge in [0.15, 0.2) is 5.11 Å². The monoisotopic (exact) mass is 527 g/mol. The molecule has 192 valence electrons. The fraction of sp³-hybridized carbons (Fsp3) is 0.179. The number of hydrogen-bond acceptors (Lipinski definition) is 6. The number of nitro benzene ring substituents is 1. The lowest BCUT2D eigenvalue weighted by molar-refractivity contribution is -0.384. The van der Waals surface area contributed by atoms with Crippen molar-refractivity contribution in [2.24, 2.45) is 0 Å². The lowest BCUT2D eigenvalue weighted by Gasteiger charge is -2.26. The van der Waals surface area contributed by atoms with Gasteiger partial charge in [-0.2, -0.15) is 0 Å². The summed E-state index contributed by atoms with van der Waals surface area (Å²) in [4.78, 5) is 29.3. The van der Waals surface area contributed by atoms with Gasteiger partial charge in [0, 0.05) is 41.7 Å². The molecule has 1 fully saturated rings. The summed E-state index contributed by atoms with van der Waals surface area (Å²) in [6, 6.07) is 20.7. The summed E-state index contributed by atoms with van der Waals surface area (Å²) < 4.78 is 6.31. The van der Waals surface area contributed by atoms with Gasteiger partial charge in [-0.25, -0.2) is 0 Å². The Hall–Kier alpha value is -4.57. The highest BCUT2D eigenvalue weighted by atomic mass is 32.1. The molecule has 0 aliphatic carbocycles. The van der Waals surface area contributed by atoms with Crippen molar-refractivity contribution in [1.82, 2.24) is 10.3 Å². The van der Waals surface area contributed by atoms with Crippen LogP contribution in [0.4, 0.5) is 17.1 Å². The third-order valence-corrected chi connectivity index (χ3v) is 6.76. The van der Waals surface area contributed by atoms with Crippen molar-refractivity contribution in [2.75, 3.05) is 10.2 Å². The van der Waals surface area contributed by atoms with Gasteiger partial charge in [0.2, 0.25) is 5.91 Å². The number of carbonyl (C=O) groups excluding carboxylic acids is 1. The minimum absolute atomic E-state index is 0.0112. The number of carbonyl (C=O) groups is 1. The number of aromatic nitrogens is 1. The van der Waals surface area contributed by atoms with Gasteiger partial charge in [-0.05, 0) is 67.2 Å². The molecule has 3 heterocycles. The average molecular weight is 528 g/mol. The van der Waals surface area contributed by atoms with E-state index in [9.17, 15) is 14.9 Å². The number of aryl methyl sites for hydroxylation is 1. The highest BCUT2D eigenvalue weighted by molar-refractivity contribution is 7.80. The normalized spacial score (nSPS) is 16.8. The van der Waals surface area contributed by atoms with E-state index < -0.39 is 4.92 Å². The Morgan fingerprint density at radius 3 is 2.71 bits per heavy atom. The zero-order valence-electron chi connectivity index (χ0n) is 20.8. The van der Waals surface area contributed by atoms with Gasteiger partial charge in [-0.3, -0.25) is 19.9 Å². The molecule has 2 aromatic carbocycles. The predicted octanol–water partition coefficient (Wildman–Crippen LogP) is 6.08. The van der Waals surface area contributed by atoms with E-state index in [0.717, 1.165) is 22.6 Å². The third kappa shape index (κ3) is 4.85. The first-order valence-corrected chi connectivity index (χ1v) is 12.5. The second-order valence-corrected chi connectivity index (χ2v) is 9.29. The number of furan rings is 1. The van der Waals surface area contributed by atoms with Gasteiger partial charge in [0.05, 0.1) is 16.7 Å². The van der Waals surface area contributed by atoms with Crippen LogP contribution >= 0.6 is 12.2 Å². The smallest absolute Gasteiger partial charge is 0.270 e. The molecule has 4 aromatic rings. The molecule has 10 heteroatoms. The van der Waals surface area contributed by atoms with Crippen LogP contribution in [-0.4, -0.2) is 20.9 Å². The Balaban J connectivity index is 1.56. The Labute approximate surface area is 224 Å². The summed E-state index contributed by atoms with van der Waals surface area (Å²) in [5, 5.41) is 18.1. The topological polar surface area (TPSA) is 114 Å². The molecule has 2 atom stereocenters. The third-order valence-electron chi connectivity index (χ3n) is 6.44. The van der Waals surface area contributed by atoms with Gasteiger partial charge in [-0.1, -0.05) is 25.1 Å². The van der Waals surface area contributed by atoms with Crippen LogP contribution in [0, 0.1) is 17.0 Å². The molecule has 0 saturated carbocycles. The summed E-state index contributed by atoms with van der Waals surface area (Å²) in [5.74, 6) is 1.07. The molecule has 38 heavy (non-hydrogen) atoms. The first kappa shape index (κ1) is 25.1. The zero-order chi connectivity index (χ0) is 26.8. The highest BCUT2D eigenvalue weighted by Gasteiger charge is 2.42. The van der Waals surface area contributed by atoms with Crippen LogP contribution in [0.2, 0.25) is 0 Å². The van der Waals surface area contributed by atoms with E-state index in [2.05, 4.69) is 15.6 Å². The van der Waals surface area contributed by atoms with Gasteiger partial charge < -0.3 is 20.0 Å². The summed E-state index contributed by atoms with van der Waals surface area (Å²) in [6.45, 7) is 3.74. The van der Waals surface area contributed by atoms with Gasteiger partial charge in [-0.15, -0.1) is 0 Å². The van der Waals surface area contributed by atoms with E-state index in [-0.39, 0.29) is 23.7 Å². The number of benzene rings is 2. The minimum Gasteiger partial charge on any atom is -0.459 e. The van der Waals surface area contributed by atoms with E-state index in [0.29, 0.717) is 28.6 Å². The maximum Gasteiger partial charge on any atom is 0.270 e. The van der Waals surface area contributed by atoms with Crippen molar-refractivity contribution in [3.8, 4) is 11.3 Å². The first-order chi connectivity index (χ1) is 18.4. The number of pyridine rings is 1. The van der Waals surface area contributed by atoms with Crippen LogP contribution in [0.5, 0.6) is 0 Å². The summed E-state index contributed by atoms with van der Waals surface area (Å²) in [6.07, 6.45) is 2.12. The van der Waals surface area contributed by atoms with E-state index in [1.54, 1.807) is 31.3 Å². The predicted molar refractivity (Wildman–Crippen MR) is 149 cm³/mol. The Morgan fingerprint density at radius 2 is 2.00 bits per heavy atom. The number of anilines is 2. The molecule has 1 aliphatic heterocycles. The first-order valence-electron chi connectivity index (χ1n) is 12.1. The van der Waals surface area contributed by atoms with Crippen molar-refractivity contribution >= 4 is 40.3 Å². The van der Waals surface area contributed by atoms with Gasteiger partial charge >= 0.3 is 0 Å². The lowest BCUT2D eigenvalue weighted by atomic mass is 10.0. The fourth-order valence-electron chi connectivity index (χ4n) is 4.54. The molecule has 1 aliphatic rings. The van der Waals surface area contributed by atoms with Gasteiger partial charge in [0.1, 0.15) is 17.6 Å². The largest absolute Gasteiger partial charge is 0.459 e.